The highest BCUT2D eigenvalue weighted by molar-refractivity contribution is 6.12. The molecule has 0 saturated carbocycles. The molecular formula is C32H28F2N4O. The second-order valence-corrected chi connectivity index (χ2v) is 10.1. The van der Waals surface area contributed by atoms with Gasteiger partial charge in [-0.3, -0.25) is 9.78 Å². The Morgan fingerprint density at radius 3 is 2.59 bits per heavy atom. The molecule has 1 aliphatic heterocycles. The van der Waals surface area contributed by atoms with Crippen LogP contribution in [0.5, 0.6) is 0 Å². The number of nitrogens with zero attached hydrogens (tertiary/aromatic N) is 3. The Balaban J connectivity index is 1.72. The number of likely N-dealkylation sites (N-methyl/N-ethyl adjacent to an activating group) is 1. The Morgan fingerprint density at radius 2 is 1.87 bits per heavy atom. The number of aromatic nitrogens is 1. The minimum atomic E-state index is -0.525. The predicted octanol–water partition coefficient (Wildman–Crippen LogP) is 6.58. The van der Waals surface area contributed by atoms with Gasteiger partial charge in [-0.05, 0) is 97.1 Å². The third kappa shape index (κ3) is 5.43. The lowest BCUT2D eigenvalue weighted by atomic mass is 9.92. The molecule has 1 fully saturated rings. The molecule has 1 amide bonds. The lowest BCUT2D eigenvalue weighted by Crippen LogP contribution is -2.38. The van der Waals surface area contributed by atoms with Crippen LogP contribution in [0.4, 0.5) is 8.78 Å². The summed E-state index contributed by atoms with van der Waals surface area (Å²) in [5.74, 6) is -1.19. The number of allylic oxidation sites excluding steroid dienone is 1. The Kier molecular flexibility index (Phi) is 7.23. The van der Waals surface area contributed by atoms with Gasteiger partial charge in [0.05, 0.1) is 22.7 Å². The van der Waals surface area contributed by atoms with Crippen molar-refractivity contribution in [3.05, 3.63) is 95.7 Å². The number of benzene rings is 3. The fourth-order valence-electron chi connectivity index (χ4n) is 5.15. The molecule has 196 valence electrons. The van der Waals surface area contributed by atoms with Gasteiger partial charge in [0.2, 0.25) is 0 Å². The second kappa shape index (κ2) is 10.8. The summed E-state index contributed by atoms with van der Waals surface area (Å²) in [7, 11) is 1.76. The van der Waals surface area contributed by atoms with Crippen LogP contribution in [0.1, 0.15) is 41.3 Å². The van der Waals surface area contributed by atoms with Gasteiger partial charge in [0.25, 0.3) is 5.91 Å². The average Bonchev–Trinajstić information content (AvgIpc) is 3.44. The van der Waals surface area contributed by atoms with Gasteiger partial charge in [-0.25, -0.2) is 8.78 Å². The van der Waals surface area contributed by atoms with Crippen molar-refractivity contribution in [3.8, 4) is 28.3 Å². The molecule has 2 heterocycles. The van der Waals surface area contributed by atoms with Crippen molar-refractivity contribution >= 4 is 22.4 Å². The summed E-state index contributed by atoms with van der Waals surface area (Å²) in [5, 5.41) is 13.3. The van der Waals surface area contributed by atoms with Crippen LogP contribution in [-0.2, 0) is 0 Å². The summed E-state index contributed by atoms with van der Waals surface area (Å²) >= 11 is 0. The van der Waals surface area contributed by atoms with Crippen molar-refractivity contribution < 1.29 is 13.6 Å². The van der Waals surface area contributed by atoms with Gasteiger partial charge in [0, 0.05) is 36.8 Å². The van der Waals surface area contributed by atoms with Crippen LogP contribution < -0.4 is 5.32 Å². The van der Waals surface area contributed by atoms with Gasteiger partial charge in [-0.1, -0.05) is 18.2 Å². The Bertz CT molecular complexity index is 1650. The van der Waals surface area contributed by atoms with Gasteiger partial charge in [0.15, 0.2) is 0 Å². The maximum Gasteiger partial charge on any atom is 0.255 e. The molecule has 3 aromatic carbocycles. The molecule has 5 rings (SSSR count). The number of pyridine rings is 1. The first kappa shape index (κ1) is 26.2. The van der Waals surface area contributed by atoms with Crippen LogP contribution in [0.25, 0.3) is 38.7 Å². The minimum absolute atomic E-state index is 0.198. The molecule has 39 heavy (non-hydrogen) atoms. The summed E-state index contributed by atoms with van der Waals surface area (Å²) in [5.41, 5.74) is 4.64. The number of hydrogen-bond acceptors (Lipinski definition) is 4. The average molecular weight is 523 g/mol. The van der Waals surface area contributed by atoms with Crippen LogP contribution >= 0.6 is 0 Å². The summed E-state index contributed by atoms with van der Waals surface area (Å²) in [6.45, 7) is 7.19. The summed E-state index contributed by atoms with van der Waals surface area (Å²) in [6.07, 6.45) is 3.65. The van der Waals surface area contributed by atoms with E-state index in [0.29, 0.717) is 56.4 Å². The number of nitriles is 1. The van der Waals surface area contributed by atoms with Gasteiger partial charge in [0.1, 0.15) is 11.6 Å². The van der Waals surface area contributed by atoms with E-state index in [2.05, 4.69) is 16.9 Å². The molecule has 0 spiro atoms. The van der Waals surface area contributed by atoms with E-state index >= 15 is 0 Å². The third-order valence-electron chi connectivity index (χ3n) is 7.15. The number of hydrogen-bond donors (Lipinski definition) is 1. The van der Waals surface area contributed by atoms with Gasteiger partial charge in [-0.15, -0.1) is 0 Å². The number of rotatable bonds is 6. The number of fused-ring (bicyclic) bond motifs is 1. The highest BCUT2D eigenvalue weighted by Gasteiger charge is 2.25. The standard InChI is InChI=1S/C32H28F2N4O/c1-19(2)22-11-24(14-26(34)12-22)29-17-37-30-7-6-21(23-9-20(16-35)10-25(33)13-23)15-28(30)31(29)32(39)38(3)18-27-5-4-8-36-27/h6-7,9-15,17,27,36H,1,4-5,8,18H2,2-3H3/t27-/m0/s1. The Hall–Kier alpha value is -4.41. The smallest absolute Gasteiger partial charge is 0.255 e. The quantitative estimate of drug-likeness (QED) is 0.311. The van der Waals surface area contributed by atoms with E-state index < -0.39 is 11.6 Å². The zero-order valence-corrected chi connectivity index (χ0v) is 21.9. The zero-order valence-electron chi connectivity index (χ0n) is 21.9. The normalized spacial score (nSPS) is 14.8. The molecule has 1 aliphatic rings. The molecule has 1 N–H and O–H groups in total. The number of nitrogens with one attached hydrogen (secondary N) is 1. The number of halogens is 2. The highest BCUT2D eigenvalue weighted by Crippen LogP contribution is 2.34. The van der Waals surface area contributed by atoms with E-state index in [-0.39, 0.29) is 17.5 Å². The van der Waals surface area contributed by atoms with Gasteiger partial charge in [-0.2, -0.15) is 5.26 Å². The first-order valence-electron chi connectivity index (χ1n) is 12.8. The van der Waals surface area contributed by atoms with Crippen LogP contribution in [0.3, 0.4) is 0 Å². The predicted molar refractivity (Wildman–Crippen MR) is 150 cm³/mol. The molecule has 1 saturated heterocycles. The highest BCUT2D eigenvalue weighted by atomic mass is 19.1. The molecule has 1 aromatic heterocycles. The van der Waals surface area contributed by atoms with E-state index in [1.165, 1.54) is 24.3 Å². The zero-order chi connectivity index (χ0) is 27.7. The molecule has 4 aromatic rings. The maximum atomic E-state index is 14.7. The van der Waals surface area contributed by atoms with Crippen molar-refractivity contribution in [1.82, 2.24) is 15.2 Å². The second-order valence-electron chi connectivity index (χ2n) is 10.1. The first-order chi connectivity index (χ1) is 18.7. The lowest BCUT2D eigenvalue weighted by Gasteiger charge is -2.24. The molecular weight excluding hydrogens is 494 g/mol. The van der Waals surface area contributed by atoms with Crippen LogP contribution in [0.15, 0.2) is 67.4 Å². The summed E-state index contributed by atoms with van der Waals surface area (Å²) in [6, 6.07) is 16.3. The fraction of sp³-hybridized carbons (Fsp3) is 0.219. The SMILES string of the molecule is C=C(C)c1cc(F)cc(-c2cnc3ccc(-c4cc(F)cc(C#N)c4)cc3c2C(=O)N(C)C[C@@H]2CCCN2)c1. The number of amides is 1. The van der Waals surface area contributed by atoms with Crippen molar-refractivity contribution in [1.29, 1.82) is 5.26 Å². The Morgan fingerprint density at radius 1 is 1.10 bits per heavy atom. The Labute approximate surface area is 226 Å². The van der Waals surface area contributed by atoms with Crippen molar-refractivity contribution in [2.24, 2.45) is 0 Å². The van der Waals surface area contributed by atoms with E-state index in [1.807, 2.05) is 6.07 Å². The number of carbonyl (C=O) groups excluding carboxylic acids is 1. The monoisotopic (exact) mass is 522 g/mol. The summed E-state index contributed by atoms with van der Waals surface area (Å²) < 4.78 is 29.0. The van der Waals surface area contributed by atoms with Crippen molar-refractivity contribution in [3.63, 3.8) is 0 Å². The van der Waals surface area contributed by atoms with Crippen LogP contribution in [0.2, 0.25) is 0 Å². The van der Waals surface area contributed by atoms with Crippen molar-refractivity contribution in [2.75, 3.05) is 20.1 Å². The third-order valence-corrected chi connectivity index (χ3v) is 7.15. The van der Waals surface area contributed by atoms with Crippen LogP contribution in [0, 0.1) is 23.0 Å². The first-order valence-corrected chi connectivity index (χ1v) is 12.8. The molecule has 0 radical (unpaired) electrons. The van der Waals surface area contributed by atoms with E-state index in [1.54, 1.807) is 55.4 Å². The lowest BCUT2D eigenvalue weighted by molar-refractivity contribution is 0.0786. The molecule has 0 aliphatic carbocycles. The molecule has 5 nitrogen and oxygen atoms in total. The fourth-order valence-corrected chi connectivity index (χ4v) is 5.15. The molecule has 0 unspecified atom stereocenters. The summed E-state index contributed by atoms with van der Waals surface area (Å²) in [4.78, 5) is 20.4. The van der Waals surface area contributed by atoms with Crippen LogP contribution in [-0.4, -0.2) is 42.0 Å². The maximum absolute atomic E-state index is 14.7. The topological polar surface area (TPSA) is 69.0 Å². The minimum Gasteiger partial charge on any atom is -0.340 e. The molecule has 7 heteroatoms. The van der Waals surface area contributed by atoms with E-state index in [0.717, 1.165) is 19.4 Å². The van der Waals surface area contributed by atoms with E-state index in [4.69, 9.17) is 0 Å². The van der Waals surface area contributed by atoms with Crippen molar-refractivity contribution in [2.45, 2.75) is 25.8 Å². The molecule has 1 atom stereocenters. The number of carbonyl (C=O) groups is 1. The largest absolute Gasteiger partial charge is 0.340 e. The molecule has 0 bridgehead atoms. The van der Waals surface area contributed by atoms with Gasteiger partial charge < -0.3 is 10.2 Å². The van der Waals surface area contributed by atoms with E-state index in [9.17, 15) is 18.8 Å². The van der Waals surface area contributed by atoms with Gasteiger partial charge >= 0.3 is 0 Å².